The molecule has 2 heterocycles. The second-order valence-corrected chi connectivity index (χ2v) is 6.78. The number of halogens is 2. The summed E-state index contributed by atoms with van der Waals surface area (Å²) in [5.74, 6) is -1.86. The van der Waals surface area contributed by atoms with Crippen molar-refractivity contribution in [3.05, 3.63) is 56.4 Å². The highest BCUT2D eigenvalue weighted by Gasteiger charge is 2.38. The number of nitrogens with one attached hydrogen (secondary N) is 1. The summed E-state index contributed by atoms with van der Waals surface area (Å²) < 4.78 is 14.4. The van der Waals surface area contributed by atoms with Crippen molar-refractivity contribution in [3.8, 4) is 0 Å². The summed E-state index contributed by atoms with van der Waals surface area (Å²) in [6, 6.07) is 7.91. The highest BCUT2D eigenvalue weighted by atomic mass is 79.9. The number of thiophene rings is 1. The average molecular weight is 368 g/mol. The Kier molecular flexibility index (Phi) is 3.91. The summed E-state index contributed by atoms with van der Waals surface area (Å²) in [4.78, 5) is 24.9. The Balaban J connectivity index is 2.04. The molecule has 2 unspecified atom stereocenters. The molecule has 108 valence electrons. The number of piperidine rings is 1. The van der Waals surface area contributed by atoms with E-state index in [0.29, 0.717) is 5.56 Å². The number of rotatable bonds is 2. The van der Waals surface area contributed by atoms with Crippen molar-refractivity contribution in [1.82, 2.24) is 5.32 Å². The standard InChI is InChI=1S/C15H11BrFNO2S/c16-9-5-12(21-7-9)11-6-13(19)18-15(20)14(11)8-2-1-3-10(17)4-8/h1-5,7,11,14H,6H2,(H,18,19,20). The lowest BCUT2D eigenvalue weighted by Gasteiger charge is -2.29. The molecule has 0 saturated carbocycles. The predicted octanol–water partition coefficient (Wildman–Crippen LogP) is 3.56. The molecule has 1 aromatic carbocycles. The fraction of sp³-hybridized carbons (Fsp3) is 0.200. The molecule has 2 amide bonds. The SMILES string of the molecule is O=C1CC(c2cc(Br)cs2)C(c2cccc(F)c2)C(=O)N1. The van der Waals surface area contributed by atoms with Crippen LogP contribution in [0.5, 0.6) is 0 Å². The lowest BCUT2D eigenvalue weighted by atomic mass is 9.79. The molecular weight excluding hydrogens is 357 g/mol. The molecule has 3 rings (SSSR count). The number of carbonyl (C=O) groups excluding carboxylic acids is 2. The van der Waals surface area contributed by atoms with Gasteiger partial charge in [-0.05, 0) is 39.7 Å². The van der Waals surface area contributed by atoms with Crippen molar-refractivity contribution in [2.24, 2.45) is 0 Å². The highest BCUT2D eigenvalue weighted by molar-refractivity contribution is 9.10. The van der Waals surface area contributed by atoms with Gasteiger partial charge in [-0.15, -0.1) is 11.3 Å². The van der Waals surface area contributed by atoms with Crippen LogP contribution >= 0.6 is 27.3 Å². The van der Waals surface area contributed by atoms with E-state index in [9.17, 15) is 14.0 Å². The van der Waals surface area contributed by atoms with E-state index in [1.165, 1.54) is 23.5 Å². The quantitative estimate of drug-likeness (QED) is 0.824. The fourth-order valence-corrected chi connectivity index (χ4v) is 4.22. The molecule has 2 aromatic rings. The number of hydrogen-bond donors (Lipinski definition) is 1. The molecule has 1 N–H and O–H groups in total. The second-order valence-electron chi connectivity index (χ2n) is 4.92. The van der Waals surface area contributed by atoms with Crippen LogP contribution in [0.1, 0.15) is 28.7 Å². The van der Waals surface area contributed by atoms with E-state index >= 15 is 0 Å². The first-order valence-corrected chi connectivity index (χ1v) is 8.05. The Morgan fingerprint density at radius 2 is 2.10 bits per heavy atom. The monoisotopic (exact) mass is 367 g/mol. The van der Waals surface area contributed by atoms with Gasteiger partial charge in [-0.25, -0.2) is 4.39 Å². The van der Waals surface area contributed by atoms with Crippen molar-refractivity contribution >= 4 is 39.1 Å². The van der Waals surface area contributed by atoms with Gasteiger partial charge in [0.2, 0.25) is 11.8 Å². The van der Waals surface area contributed by atoms with Crippen LogP contribution in [0.2, 0.25) is 0 Å². The van der Waals surface area contributed by atoms with Gasteiger partial charge in [0.15, 0.2) is 0 Å². The number of imide groups is 1. The first kappa shape index (κ1) is 14.4. The van der Waals surface area contributed by atoms with Crippen LogP contribution < -0.4 is 5.32 Å². The topological polar surface area (TPSA) is 46.2 Å². The normalized spacial score (nSPS) is 22.2. The molecule has 2 atom stereocenters. The molecule has 21 heavy (non-hydrogen) atoms. The van der Waals surface area contributed by atoms with Crippen molar-refractivity contribution < 1.29 is 14.0 Å². The third kappa shape index (κ3) is 2.91. The Morgan fingerprint density at radius 1 is 1.29 bits per heavy atom. The molecule has 1 aliphatic heterocycles. The maximum Gasteiger partial charge on any atom is 0.234 e. The maximum atomic E-state index is 13.5. The first-order chi connectivity index (χ1) is 10.0. The summed E-state index contributed by atoms with van der Waals surface area (Å²) in [5.41, 5.74) is 0.592. The number of carbonyl (C=O) groups is 2. The lowest BCUT2D eigenvalue weighted by molar-refractivity contribution is -0.135. The third-order valence-electron chi connectivity index (χ3n) is 3.51. The fourth-order valence-electron chi connectivity index (χ4n) is 2.64. The van der Waals surface area contributed by atoms with Crippen LogP contribution in [0.4, 0.5) is 4.39 Å². The second kappa shape index (κ2) is 5.69. The van der Waals surface area contributed by atoms with Gasteiger partial charge in [-0.1, -0.05) is 12.1 Å². The number of hydrogen-bond acceptors (Lipinski definition) is 3. The molecule has 0 bridgehead atoms. The Hall–Kier alpha value is -1.53. The van der Waals surface area contributed by atoms with Gasteiger partial charge >= 0.3 is 0 Å². The van der Waals surface area contributed by atoms with E-state index in [4.69, 9.17) is 0 Å². The van der Waals surface area contributed by atoms with E-state index in [1.54, 1.807) is 12.1 Å². The van der Waals surface area contributed by atoms with Crippen molar-refractivity contribution in [2.45, 2.75) is 18.3 Å². The number of benzene rings is 1. The summed E-state index contributed by atoms with van der Waals surface area (Å²) in [6.07, 6.45) is 0.222. The molecule has 0 aliphatic carbocycles. The lowest BCUT2D eigenvalue weighted by Crippen LogP contribution is -2.43. The van der Waals surface area contributed by atoms with Crippen LogP contribution in [-0.4, -0.2) is 11.8 Å². The van der Waals surface area contributed by atoms with Gasteiger partial charge in [0.25, 0.3) is 0 Å². The van der Waals surface area contributed by atoms with E-state index in [2.05, 4.69) is 21.2 Å². The summed E-state index contributed by atoms with van der Waals surface area (Å²) in [7, 11) is 0. The van der Waals surface area contributed by atoms with Gasteiger partial charge in [-0.3, -0.25) is 14.9 Å². The van der Waals surface area contributed by atoms with Crippen molar-refractivity contribution in [1.29, 1.82) is 0 Å². The molecule has 3 nitrogen and oxygen atoms in total. The Bertz CT molecular complexity index is 715. The minimum absolute atomic E-state index is 0.222. The van der Waals surface area contributed by atoms with E-state index < -0.39 is 5.92 Å². The molecule has 1 saturated heterocycles. The molecule has 6 heteroatoms. The molecule has 0 spiro atoms. The van der Waals surface area contributed by atoms with Gasteiger partial charge in [0.05, 0.1) is 5.92 Å². The zero-order valence-electron chi connectivity index (χ0n) is 10.8. The predicted molar refractivity (Wildman–Crippen MR) is 81.7 cm³/mol. The van der Waals surface area contributed by atoms with Crippen LogP contribution in [0.25, 0.3) is 0 Å². The van der Waals surface area contributed by atoms with Crippen molar-refractivity contribution in [3.63, 3.8) is 0 Å². The molecule has 1 aliphatic rings. The minimum Gasteiger partial charge on any atom is -0.296 e. The zero-order valence-corrected chi connectivity index (χ0v) is 13.2. The number of amides is 2. The van der Waals surface area contributed by atoms with Gasteiger partial charge in [0.1, 0.15) is 5.82 Å². The van der Waals surface area contributed by atoms with Crippen LogP contribution in [0, 0.1) is 5.82 Å². The summed E-state index contributed by atoms with van der Waals surface area (Å²) >= 11 is 4.87. The van der Waals surface area contributed by atoms with E-state index in [-0.39, 0.29) is 30.0 Å². The smallest absolute Gasteiger partial charge is 0.234 e. The molecule has 0 radical (unpaired) electrons. The van der Waals surface area contributed by atoms with Gasteiger partial charge < -0.3 is 0 Å². The highest BCUT2D eigenvalue weighted by Crippen LogP contribution is 2.41. The first-order valence-electron chi connectivity index (χ1n) is 6.37. The molecule has 1 aromatic heterocycles. The summed E-state index contributed by atoms with van der Waals surface area (Å²) in [6.45, 7) is 0. The average Bonchev–Trinajstić information content (AvgIpc) is 2.84. The largest absolute Gasteiger partial charge is 0.296 e. The third-order valence-corrected chi connectivity index (χ3v) is 5.34. The minimum atomic E-state index is -0.552. The van der Waals surface area contributed by atoms with E-state index in [1.807, 2.05) is 11.4 Å². The van der Waals surface area contributed by atoms with E-state index in [0.717, 1.165) is 9.35 Å². The Labute approximate surface area is 133 Å². The van der Waals surface area contributed by atoms with Gasteiger partial charge in [-0.2, -0.15) is 0 Å². The van der Waals surface area contributed by atoms with Crippen LogP contribution in [0.3, 0.4) is 0 Å². The Morgan fingerprint density at radius 3 is 2.76 bits per heavy atom. The van der Waals surface area contributed by atoms with Gasteiger partial charge in [0, 0.05) is 27.1 Å². The summed E-state index contributed by atoms with van der Waals surface area (Å²) in [5, 5.41) is 4.26. The molecule has 1 fully saturated rings. The van der Waals surface area contributed by atoms with Crippen LogP contribution in [0.15, 0.2) is 40.2 Å². The maximum absolute atomic E-state index is 13.5. The zero-order chi connectivity index (χ0) is 15.0. The molecular formula is C15H11BrFNO2S. The van der Waals surface area contributed by atoms with Crippen LogP contribution in [-0.2, 0) is 9.59 Å². The van der Waals surface area contributed by atoms with Crippen molar-refractivity contribution in [2.75, 3.05) is 0 Å².